The summed E-state index contributed by atoms with van der Waals surface area (Å²) >= 11 is 0. The van der Waals surface area contributed by atoms with Crippen LogP contribution in [0, 0.1) is 5.92 Å². The minimum atomic E-state index is -0.108. The van der Waals surface area contributed by atoms with Crippen LogP contribution < -0.4 is 10.6 Å². The Kier molecular flexibility index (Phi) is 6.99. The number of carbonyl (C=O) groups excluding carboxylic acids is 2. The smallest absolute Gasteiger partial charge is 0.237 e. The number of anilines is 1. The molecule has 1 saturated heterocycles. The molecule has 7 nitrogen and oxygen atoms in total. The van der Waals surface area contributed by atoms with Crippen molar-refractivity contribution in [1.82, 2.24) is 20.0 Å². The molecule has 140 valence electrons. The summed E-state index contributed by atoms with van der Waals surface area (Å²) in [6, 6.07) is 1.99. The molecule has 1 atom stereocenters. The molecule has 1 fully saturated rings. The van der Waals surface area contributed by atoms with E-state index in [0.717, 1.165) is 31.7 Å². The van der Waals surface area contributed by atoms with Gasteiger partial charge in [-0.15, -0.1) is 0 Å². The van der Waals surface area contributed by atoms with Crippen LogP contribution in [0.4, 0.5) is 5.82 Å². The highest BCUT2D eigenvalue weighted by molar-refractivity contribution is 5.89. The lowest BCUT2D eigenvalue weighted by Gasteiger charge is -2.35. The van der Waals surface area contributed by atoms with Gasteiger partial charge >= 0.3 is 0 Å². The van der Waals surface area contributed by atoms with Gasteiger partial charge < -0.3 is 10.6 Å². The lowest BCUT2D eigenvalue weighted by atomic mass is 10.0. The molecule has 0 bridgehead atoms. The van der Waals surface area contributed by atoms with Crippen molar-refractivity contribution in [3.8, 4) is 0 Å². The molecule has 25 heavy (non-hydrogen) atoms. The van der Waals surface area contributed by atoms with E-state index in [9.17, 15) is 9.59 Å². The second kappa shape index (κ2) is 8.99. The second-order valence-electron chi connectivity index (χ2n) is 7.14. The average Bonchev–Trinajstić information content (AvgIpc) is 3.01. The van der Waals surface area contributed by atoms with E-state index in [0.29, 0.717) is 18.9 Å². The molecule has 2 heterocycles. The largest absolute Gasteiger partial charge is 0.355 e. The fourth-order valence-corrected chi connectivity index (χ4v) is 3.27. The van der Waals surface area contributed by atoms with Crippen molar-refractivity contribution in [2.45, 2.75) is 59.0 Å². The zero-order chi connectivity index (χ0) is 18.4. The molecule has 0 aliphatic carbocycles. The minimum Gasteiger partial charge on any atom is -0.355 e. The molecule has 0 aromatic carbocycles. The van der Waals surface area contributed by atoms with Gasteiger partial charge in [-0.05, 0) is 32.6 Å². The first-order chi connectivity index (χ1) is 11.9. The number of hydrogen-bond acceptors (Lipinski definition) is 4. The van der Waals surface area contributed by atoms with Gasteiger partial charge in [0.15, 0.2) is 0 Å². The number of hydrogen-bond donors (Lipinski definition) is 2. The Morgan fingerprint density at radius 1 is 1.28 bits per heavy atom. The van der Waals surface area contributed by atoms with E-state index in [4.69, 9.17) is 0 Å². The van der Waals surface area contributed by atoms with E-state index in [2.05, 4.69) is 20.6 Å². The van der Waals surface area contributed by atoms with Crippen molar-refractivity contribution in [2.75, 3.05) is 25.0 Å². The summed E-state index contributed by atoms with van der Waals surface area (Å²) in [6.45, 7) is 10.3. The van der Waals surface area contributed by atoms with Gasteiger partial charge in [0, 0.05) is 32.1 Å². The van der Waals surface area contributed by atoms with Gasteiger partial charge in [-0.3, -0.25) is 14.5 Å². The maximum absolute atomic E-state index is 12.0. The molecular formula is C18H31N5O2. The molecule has 1 aliphatic rings. The van der Waals surface area contributed by atoms with Crippen molar-refractivity contribution >= 4 is 17.6 Å². The monoisotopic (exact) mass is 349 g/mol. The molecular weight excluding hydrogens is 318 g/mol. The third-order valence-electron chi connectivity index (χ3n) is 4.65. The Bertz CT molecular complexity index is 576. The molecule has 7 heteroatoms. The van der Waals surface area contributed by atoms with Crippen molar-refractivity contribution in [3.05, 3.63) is 12.3 Å². The fraction of sp³-hybridized carbons (Fsp3) is 0.722. The third-order valence-corrected chi connectivity index (χ3v) is 4.65. The van der Waals surface area contributed by atoms with Crippen LogP contribution in [0.3, 0.4) is 0 Å². The molecule has 2 amide bonds. The predicted octanol–water partition coefficient (Wildman–Crippen LogP) is 2.03. The van der Waals surface area contributed by atoms with Gasteiger partial charge in [0.25, 0.3) is 0 Å². The van der Waals surface area contributed by atoms with E-state index in [1.165, 1.54) is 0 Å². The van der Waals surface area contributed by atoms with Crippen LogP contribution in [-0.2, 0) is 9.59 Å². The number of likely N-dealkylation sites (tertiary alicyclic amines) is 1. The minimum absolute atomic E-state index is 0.0269. The first kappa shape index (κ1) is 19.4. The van der Waals surface area contributed by atoms with Gasteiger partial charge in [-0.2, -0.15) is 5.10 Å². The van der Waals surface area contributed by atoms with Gasteiger partial charge in [0.1, 0.15) is 5.82 Å². The number of amides is 2. The first-order valence-electron chi connectivity index (χ1n) is 9.27. The van der Waals surface area contributed by atoms with Crippen LogP contribution in [0.25, 0.3) is 0 Å². The molecule has 0 spiro atoms. The van der Waals surface area contributed by atoms with E-state index >= 15 is 0 Å². The van der Waals surface area contributed by atoms with Crippen LogP contribution in [0.1, 0.15) is 53.0 Å². The zero-order valence-corrected chi connectivity index (χ0v) is 15.8. The molecule has 2 N–H and O–H groups in total. The van der Waals surface area contributed by atoms with Gasteiger partial charge in [0.05, 0.1) is 18.3 Å². The van der Waals surface area contributed by atoms with Crippen LogP contribution in [0.5, 0.6) is 0 Å². The Hall–Kier alpha value is -1.89. The summed E-state index contributed by atoms with van der Waals surface area (Å²) < 4.78 is 1.92. The Morgan fingerprint density at radius 2 is 1.96 bits per heavy atom. The summed E-state index contributed by atoms with van der Waals surface area (Å²) in [6.07, 6.45) is 4.07. The average molecular weight is 349 g/mol. The maximum Gasteiger partial charge on any atom is 0.237 e. The Morgan fingerprint density at radius 3 is 2.56 bits per heavy atom. The number of rotatable bonds is 7. The highest BCUT2D eigenvalue weighted by Gasteiger charge is 2.28. The summed E-state index contributed by atoms with van der Waals surface area (Å²) in [4.78, 5) is 26.2. The molecule has 1 aromatic heterocycles. The number of piperidine rings is 1. The van der Waals surface area contributed by atoms with Gasteiger partial charge in [0.2, 0.25) is 11.8 Å². The number of likely N-dealkylation sites (N-methyl/N-ethyl adjacent to an activating group) is 1. The normalized spacial score (nSPS) is 17.5. The van der Waals surface area contributed by atoms with E-state index in [1.54, 1.807) is 6.20 Å². The van der Waals surface area contributed by atoms with Crippen LogP contribution in [0.2, 0.25) is 0 Å². The Labute approximate surface area is 150 Å². The number of aromatic nitrogens is 2. The first-order valence-corrected chi connectivity index (χ1v) is 9.27. The van der Waals surface area contributed by atoms with Crippen LogP contribution in [-0.4, -0.2) is 52.2 Å². The summed E-state index contributed by atoms with van der Waals surface area (Å²) in [5, 5.41) is 10.3. The van der Waals surface area contributed by atoms with Crippen molar-refractivity contribution in [3.63, 3.8) is 0 Å². The lowest BCUT2D eigenvalue weighted by Crippen LogP contribution is -2.48. The Balaban J connectivity index is 1.92. The van der Waals surface area contributed by atoms with E-state index in [1.807, 2.05) is 38.4 Å². The zero-order valence-electron chi connectivity index (χ0n) is 15.8. The molecule has 0 radical (unpaired) electrons. The molecule has 1 aliphatic heterocycles. The van der Waals surface area contributed by atoms with E-state index < -0.39 is 0 Å². The number of nitrogens with zero attached hydrogens (tertiary/aromatic N) is 3. The summed E-state index contributed by atoms with van der Waals surface area (Å²) in [5.41, 5.74) is 0. The third kappa shape index (κ3) is 5.29. The topological polar surface area (TPSA) is 79.3 Å². The van der Waals surface area contributed by atoms with Crippen molar-refractivity contribution in [2.24, 2.45) is 5.92 Å². The fourth-order valence-electron chi connectivity index (χ4n) is 3.27. The number of nitrogens with one attached hydrogen (secondary N) is 2. The molecule has 0 saturated carbocycles. The van der Waals surface area contributed by atoms with E-state index in [-0.39, 0.29) is 23.9 Å². The highest BCUT2D eigenvalue weighted by atomic mass is 16.2. The van der Waals surface area contributed by atoms with Crippen LogP contribution >= 0.6 is 0 Å². The maximum atomic E-state index is 12.0. The van der Waals surface area contributed by atoms with Crippen molar-refractivity contribution < 1.29 is 9.59 Å². The predicted molar refractivity (Wildman–Crippen MR) is 98.3 cm³/mol. The van der Waals surface area contributed by atoms with Crippen LogP contribution in [0.15, 0.2) is 12.3 Å². The van der Waals surface area contributed by atoms with Gasteiger partial charge in [-0.1, -0.05) is 13.8 Å². The van der Waals surface area contributed by atoms with Crippen molar-refractivity contribution in [1.29, 1.82) is 0 Å². The molecule has 1 aromatic rings. The standard InChI is InChI=1S/C18H31N5O2/c1-5-19-18(25)14(4)22-10-7-15(8-11-22)23-16(6-9-20-23)21-17(24)12-13(2)3/h6,9,13-15H,5,7-8,10-12H2,1-4H3,(H,19,25)(H,21,24). The quantitative estimate of drug-likeness (QED) is 0.789. The summed E-state index contributed by atoms with van der Waals surface area (Å²) in [5.74, 6) is 1.21. The summed E-state index contributed by atoms with van der Waals surface area (Å²) in [7, 11) is 0. The lowest BCUT2D eigenvalue weighted by molar-refractivity contribution is -0.126. The molecule has 1 unspecified atom stereocenters. The van der Waals surface area contributed by atoms with Gasteiger partial charge in [-0.25, -0.2) is 4.68 Å². The SMILES string of the molecule is CCNC(=O)C(C)N1CCC(n2nccc2NC(=O)CC(C)C)CC1. The second-order valence-corrected chi connectivity index (χ2v) is 7.14. The number of carbonyl (C=O) groups is 2. The molecule has 2 rings (SSSR count). The highest BCUT2D eigenvalue weighted by Crippen LogP contribution is 2.26.